The molecule has 0 amide bonds. The highest BCUT2D eigenvalue weighted by atomic mass is 16.5. The molecule has 66 valence electrons. The van der Waals surface area contributed by atoms with E-state index >= 15 is 0 Å². The molecule has 2 nitrogen and oxygen atoms in total. The first-order valence-electron chi connectivity index (χ1n) is 4.22. The van der Waals surface area contributed by atoms with Crippen LogP contribution in [0, 0.1) is 0 Å². The van der Waals surface area contributed by atoms with Crippen molar-refractivity contribution < 1.29 is 9.53 Å². The van der Waals surface area contributed by atoms with Crippen molar-refractivity contribution in [2.45, 2.75) is 26.7 Å². The summed E-state index contributed by atoms with van der Waals surface area (Å²) in [6, 6.07) is 0. The van der Waals surface area contributed by atoms with Crippen LogP contribution in [0.15, 0.2) is 23.5 Å². The van der Waals surface area contributed by atoms with E-state index in [9.17, 15) is 4.79 Å². The van der Waals surface area contributed by atoms with Crippen LogP contribution in [-0.4, -0.2) is 12.4 Å². The average Bonchev–Trinajstić information content (AvgIpc) is 2.05. The number of ether oxygens (including phenoxy) is 1. The van der Waals surface area contributed by atoms with Crippen LogP contribution >= 0.6 is 0 Å². The highest BCUT2D eigenvalue weighted by molar-refractivity contribution is 6.02. The van der Waals surface area contributed by atoms with Gasteiger partial charge in [-0.15, -0.1) is 0 Å². The number of carbonyl (C=O) groups is 1. The number of hydrogen-bond acceptors (Lipinski definition) is 2. The molecule has 2 heteroatoms. The van der Waals surface area contributed by atoms with Gasteiger partial charge < -0.3 is 4.74 Å². The van der Waals surface area contributed by atoms with Crippen molar-refractivity contribution in [3.63, 3.8) is 0 Å². The van der Waals surface area contributed by atoms with Crippen molar-refractivity contribution in [2.75, 3.05) is 6.61 Å². The van der Waals surface area contributed by atoms with Gasteiger partial charge in [0.1, 0.15) is 0 Å². The molecule has 12 heavy (non-hydrogen) atoms. The molecule has 0 spiro atoms. The molecule has 1 heterocycles. The third-order valence-corrected chi connectivity index (χ3v) is 1.60. The van der Waals surface area contributed by atoms with Crippen LogP contribution in [0.5, 0.6) is 0 Å². The normalized spacial score (nSPS) is 16.0. The van der Waals surface area contributed by atoms with Crippen molar-refractivity contribution in [3.05, 3.63) is 23.5 Å². The van der Waals surface area contributed by atoms with E-state index in [1.54, 1.807) is 6.08 Å². The molecule has 0 fully saturated rings. The Bertz CT molecular complexity index is 232. The molecule has 0 aromatic carbocycles. The molecule has 0 aromatic rings. The Morgan fingerprint density at radius 2 is 2.33 bits per heavy atom. The lowest BCUT2D eigenvalue weighted by Crippen LogP contribution is -2.08. The molecule has 0 saturated heterocycles. The van der Waals surface area contributed by atoms with Gasteiger partial charge in [-0.25, -0.2) is 0 Å². The minimum atomic E-state index is -0.00491. The summed E-state index contributed by atoms with van der Waals surface area (Å²) in [4.78, 5) is 11.3. The second-order valence-corrected chi connectivity index (χ2v) is 3.15. The Morgan fingerprint density at radius 3 is 2.83 bits per heavy atom. The molecular weight excluding hydrogens is 152 g/mol. The number of rotatable bonds is 2. The van der Waals surface area contributed by atoms with E-state index in [1.807, 2.05) is 19.9 Å². The van der Waals surface area contributed by atoms with Crippen molar-refractivity contribution in [2.24, 2.45) is 0 Å². The fourth-order valence-corrected chi connectivity index (χ4v) is 1.06. The maximum Gasteiger partial charge on any atom is 0.219 e. The van der Waals surface area contributed by atoms with E-state index < -0.39 is 0 Å². The Labute approximate surface area is 72.9 Å². The summed E-state index contributed by atoms with van der Waals surface area (Å²) in [5.74, 6) is 0.511. The average molecular weight is 166 g/mol. The fraction of sp³-hybridized carbons (Fsp3) is 0.500. The van der Waals surface area contributed by atoms with Crippen molar-refractivity contribution in [3.8, 4) is 0 Å². The van der Waals surface area contributed by atoms with Gasteiger partial charge in [0.05, 0.1) is 6.61 Å². The minimum absolute atomic E-state index is 0.00491. The summed E-state index contributed by atoms with van der Waals surface area (Å²) < 4.78 is 5.21. The molecule has 1 aliphatic rings. The number of allylic oxidation sites excluding steroid dienone is 3. The summed E-state index contributed by atoms with van der Waals surface area (Å²) in [7, 11) is 0. The summed E-state index contributed by atoms with van der Waals surface area (Å²) in [6.45, 7) is 4.48. The quantitative estimate of drug-likeness (QED) is 0.588. The number of hydrogen-bond donors (Lipinski definition) is 0. The second-order valence-electron chi connectivity index (χ2n) is 3.15. The van der Waals surface area contributed by atoms with Gasteiger partial charge in [0.25, 0.3) is 0 Å². The lowest BCUT2D eigenvalue weighted by molar-refractivity contribution is -0.114. The van der Waals surface area contributed by atoms with Gasteiger partial charge >= 0.3 is 0 Å². The van der Waals surface area contributed by atoms with Crippen LogP contribution in [0.4, 0.5) is 0 Å². The molecular formula is C10H14O2. The van der Waals surface area contributed by atoms with Crippen LogP contribution in [0.3, 0.4) is 0 Å². The van der Waals surface area contributed by atoms with Crippen LogP contribution in [0.1, 0.15) is 26.7 Å². The first kappa shape index (κ1) is 9.04. The zero-order valence-electron chi connectivity index (χ0n) is 7.59. The van der Waals surface area contributed by atoms with E-state index in [-0.39, 0.29) is 5.78 Å². The monoisotopic (exact) mass is 166 g/mol. The molecule has 0 N–H and O–H groups in total. The van der Waals surface area contributed by atoms with Gasteiger partial charge in [-0.2, -0.15) is 0 Å². The van der Waals surface area contributed by atoms with E-state index in [4.69, 9.17) is 4.74 Å². The molecule has 1 rings (SSSR count). The zero-order valence-corrected chi connectivity index (χ0v) is 7.59. The molecule has 0 atom stereocenters. The van der Waals surface area contributed by atoms with Gasteiger partial charge in [-0.05, 0) is 38.8 Å². The zero-order chi connectivity index (χ0) is 8.97. The van der Waals surface area contributed by atoms with Crippen LogP contribution in [0.25, 0.3) is 0 Å². The molecule has 0 radical (unpaired) electrons. The molecule has 0 aromatic heterocycles. The number of carbonyl (C=O) groups excluding carboxylic acids is 1. The highest BCUT2D eigenvalue weighted by Crippen LogP contribution is 2.11. The van der Waals surface area contributed by atoms with Crippen molar-refractivity contribution in [1.82, 2.24) is 0 Å². The first-order chi connectivity index (χ1) is 5.70. The molecule has 1 aliphatic heterocycles. The Kier molecular flexibility index (Phi) is 3.09. The second kappa shape index (κ2) is 4.10. The summed E-state index contributed by atoms with van der Waals surface area (Å²) in [5, 5.41) is 0. The van der Waals surface area contributed by atoms with Gasteiger partial charge in [0.15, 0.2) is 5.76 Å². The van der Waals surface area contributed by atoms with E-state index in [0.717, 1.165) is 18.4 Å². The Hall–Kier alpha value is -1.05. The summed E-state index contributed by atoms with van der Waals surface area (Å²) in [5.41, 5.74) is 1.01. The first-order valence-corrected chi connectivity index (χ1v) is 4.22. The van der Waals surface area contributed by atoms with Gasteiger partial charge in [-0.3, -0.25) is 4.79 Å². The third-order valence-electron chi connectivity index (χ3n) is 1.60. The predicted octanol–water partition coefficient (Wildman–Crippen LogP) is 2.22. The van der Waals surface area contributed by atoms with Crippen molar-refractivity contribution in [1.29, 1.82) is 0 Å². The number of ketones is 1. The summed E-state index contributed by atoms with van der Waals surface area (Å²) >= 11 is 0. The van der Waals surface area contributed by atoms with Crippen molar-refractivity contribution >= 4 is 5.78 Å². The third kappa shape index (κ3) is 2.53. The molecule has 0 aliphatic carbocycles. The maximum absolute atomic E-state index is 11.3. The van der Waals surface area contributed by atoms with Crippen LogP contribution in [-0.2, 0) is 9.53 Å². The van der Waals surface area contributed by atoms with E-state index in [2.05, 4.69) is 0 Å². The summed E-state index contributed by atoms with van der Waals surface area (Å²) in [6.07, 6.45) is 5.45. The van der Waals surface area contributed by atoms with Crippen LogP contribution in [0.2, 0.25) is 0 Å². The predicted molar refractivity (Wildman–Crippen MR) is 47.7 cm³/mol. The standard InChI is InChI=1S/C10H14O2/c1-8(2)7-9(11)10-5-3-4-6-12-10/h5,7H,3-4,6H2,1-2H3. The lowest BCUT2D eigenvalue weighted by atomic mass is 10.1. The highest BCUT2D eigenvalue weighted by Gasteiger charge is 2.10. The van der Waals surface area contributed by atoms with E-state index in [1.165, 1.54) is 0 Å². The molecule has 0 unspecified atom stereocenters. The van der Waals surface area contributed by atoms with Gasteiger partial charge in [0.2, 0.25) is 5.78 Å². The fourth-order valence-electron chi connectivity index (χ4n) is 1.06. The SMILES string of the molecule is CC(C)=CC(=O)C1=CCCCO1. The smallest absolute Gasteiger partial charge is 0.219 e. The van der Waals surface area contributed by atoms with Crippen LogP contribution < -0.4 is 0 Å². The van der Waals surface area contributed by atoms with Gasteiger partial charge in [0, 0.05) is 0 Å². The largest absolute Gasteiger partial charge is 0.490 e. The Balaban J connectivity index is 2.63. The molecule has 0 saturated carbocycles. The lowest BCUT2D eigenvalue weighted by Gasteiger charge is -2.11. The topological polar surface area (TPSA) is 26.3 Å². The maximum atomic E-state index is 11.3. The minimum Gasteiger partial charge on any atom is -0.490 e. The van der Waals surface area contributed by atoms with E-state index in [0.29, 0.717) is 12.4 Å². The Morgan fingerprint density at radius 1 is 1.58 bits per heavy atom. The van der Waals surface area contributed by atoms with Gasteiger partial charge in [-0.1, -0.05) is 5.57 Å². The molecule has 0 bridgehead atoms.